The Bertz CT molecular complexity index is 448. The van der Waals surface area contributed by atoms with E-state index in [-0.39, 0.29) is 34.8 Å². The summed E-state index contributed by atoms with van der Waals surface area (Å²) in [6, 6.07) is 0.0000637. The zero-order valence-corrected chi connectivity index (χ0v) is 18.5. The van der Waals surface area contributed by atoms with E-state index in [2.05, 4.69) is 16.9 Å². The van der Waals surface area contributed by atoms with Gasteiger partial charge < -0.3 is 15.4 Å². The molecule has 1 unspecified atom stereocenters. The SMILES string of the molecule is CCNC(=NCC1(SC)CCOCC1)NC1CCN(CC(F)(F)F)C1.I. The molecule has 2 aliphatic heterocycles. The maximum atomic E-state index is 12.5. The van der Waals surface area contributed by atoms with Crippen LogP contribution in [0.1, 0.15) is 26.2 Å². The lowest BCUT2D eigenvalue weighted by molar-refractivity contribution is -0.143. The molecule has 0 bridgehead atoms. The van der Waals surface area contributed by atoms with Crippen molar-refractivity contribution in [1.29, 1.82) is 0 Å². The fourth-order valence-corrected chi connectivity index (χ4v) is 4.02. The Labute approximate surface area is 175 Å². The van der Waals surface area contributed by atoms with Gasteiger partial charge in [0.2, 0.25) is 0 Å². The van der Waals surface area contributed by atoms with Gasteiger partial charge in [-0.1, -0.05) is 0 Å². The summed E-state index contributed by atoms with van der Waals surface area (Å²) in [6.07, 6.45) is 0.607. The van der Waals surface area contributed by atoms with Gasteiger partial charge in [-0.25, -0.2) is 0 Å². The van der Waals surface area contributed by atoms with Crippen LogP contribution in [0, 0.1) is 0 Å². The van der Waals surface area contributed by atoms with Gasteiger partial charge in [-0.2, -0.15) is 24.9 Å². The fraction of sp³-hybridized carbons (Fsp3) is 0.938. The van der Waals surface area contributed by atoms with Crippen LogP contribution in [0.3, 0.4) is 0 Å². The predicted molar refractivity (Wildman–Crippen MR) is 112 cm³/mol. The molecule has 1 atom stereocenters. The van der Waals surface area contributed by atoms with E-state index < -0.39 is 12.7 Å². The molecule has 0 aliphatic carbocycles. The third-order valence-electron chi connectivity index (χ3n) is 4.72. The number of likely N-dealkylation sites (tertiary alicyclic amines) is 1. The summed E-state index contributed by atoms with van der Waals surface area (Å²) in [6.45, 7) is 4.93. The Morgan fingerprint density at radius 2 is 2.04 bits per heavy atom. The quantitative estimate of drug-likeness (QED) is 0.327. The Kier molecular flexibility index (Phi) is 10.3. The Balaban J connectivity index is 0.00000338. The lowest BCUT2D eigenvalue weighted by Gasteiger charge is -2.34. The lowest BCUT2D eigenvalue weighted by Crippen LogP contribution is -2.46. The van der Waals surface area contributed by atoms with Crippen molar-refractivity contribution in [3.05, 3.63) is 0 Å². The van der Waals surface area contributed by atoms with Gasteiger partial charge in [0.05, 0.1) is 13.1 Å². The van der Waals surface area contributed by atoms with Crippen LogP contribution < -0.4 is 10.6 Å². The summed E-state index contributed by atoms with van der Waals surface area (Å²) in [5.74, 6) is 0.696. The summed E-state index contributed by atoms with van der Waals surface area (Å²) in [7, 11) is 0. The van der Waals surface area contributed by atoms with Crippen LogP contribution >= 0.6 is 35.7 Å². The van der Waals surface area contributed by atoms with Crippen molar-refractivity contribution in [3.63, 3.8) is 0 Å². The van der Waals surface area contributed by atoms with Gasteiger partial charge in [0.1, 0.15) is 0 Å². The molecule has 0 radical (unpaired) electrons. The Hall–Kier alpha value is 0.0600. The van der Waals surface area contributed by atoms with Crippen LogP contribution in [0.2, 0.25) is 0 Å². The maximum absolute atomic E-state index is 12.5. The zero-order valence-electron chi connectivity index (χ0n) is 15.4. The smallest absolute Gasteiger partial charge is 0.381 e. The van der Waals surface area contributed by atoms with E-state index in [0.29, 0.717) is 32.0 Å². The number of aliphatic imine (C=N–C) groups is 1. The zero-order chi connectivity index (χ0) is 18.3. The predicted octanol–water partition coefficient (Wildman–Crippen LogP) is 2.71. The highest BCUT2D eigenvalue weighted by Crippen LogP contribution is 2.34. The molecule has 0 amide bonds. The molecule has 0 saturated carbocycles. The maximum Gasteiger partial charge on any atom is 0.401 e. The van der Waals surface area contributed by atoms with Gasteiger partial charge in [0.15, 0.2) is 5.96 Å². The van der Waals surface area contributed by atoms with E-state index in [1.54, 1.807) is 0 Å². The van der Waals surface area contributed by atoms with Crippen molar-refractivity contribution >= 4 is 41.7 Å². The van der Waals surface area contributed by atoms with Crippen LogP contribution in [0.15, 0.2) is 4.99 Å². The minimum absolute atomic E-state index is 0. The lowest BCUT2D eigenvalue weighted by atomic mass is 9.99. The van der Waals surface area contributed by atoms with Crippen molar-refractivity contribution < 1.29 is 17.9 Å². The molecule has 2 aliphatic rings. The Morgan fingerprint density at radius 1 is 1.35 bits per heavy atom. The molecular formula is C16H30F3IN4OS. The molecule has 2 heterocycles. The number of rotatable bonds is 6. The van der Waals surface area contributed by atoms with Gasteiger partial charge in [-0.3, -0.25) is 9.89 Å². The van der Waals surface area contributed by atoms with Crippen molar-refractivity contribution in [3.8, 4) is 0 Å². The number of alkyl halides is 3. The van der Waals surface area contributed by atoms with Crippen LogP contribution in [-0.2, 0) is 4.74 Å². The first kappa shape index (κ1) is 24.1. The standard InChI is InChI=1S/C16H29F3N4OS.HI/c1-3-20-14(21-11-15(25-2)5-8-24-9-6-15)22-13-4-7-23(10-13)12-16(17,18)19;/h13H,3-12H2,1-2H3,(H2,20,21,22);1H. The molecule has 2 N–H and O–H groups in total. The van der Waals surface area contributed by atoms with Gasteiger partial charge in [0, 0.05) is 43.6 Å². The number of hydrogen-bond donors (Lipinski definition) is 2. The van der Waals surface area contributed by atoms with Gasteiger partial charge in [0.25, 0.3) is 0 Å². The third kappa shape index (κ3) is 7.97. The minimum Gasteiger partial charge on any atom is -0.381 e. The monoisotopic (exact) mass is 510 g/mol. The van der Waals surface area contributed by atoms with Crippen molar-refractivity contribution in [1.82, 2.24) is 15.5 Å². The molecule has 0 aromatic carbocycles. The second-order valence-electron chi connectivity index (χ2n) is 6.67. The van der Waals surface area contributed by atoms with Crippen molar-refractivity contribution in [2.24, 2.45) is 4.99 Å². The molecule has 2 fully saturated rings. The second kappa shape index (κ2) is 11.2. The number of halogens is 4. The summed E-state index contributed by atoms with van der Waals surface area (Å²) in [4.78, 5) is 6.17. The summed E-state index contributed by atoms with van der Waals surface area (Å²) in [5.41, 5.74) is 0. The van der Waals surface area contributed by atoms with E-state index in [9.17, 15) is 13.2 Å². The fourth-order valence-electron chi connectivity index (χ4n) is 3.25. The van der Waals surface area contributed by atoms with Gasteiger partial charge >= 0.3 is 6.18 Å². The molecule has 10 heteroatoms. The first-order chi connectivity index (χ1) is 11.9. The number of nitrogens with one attached hydrogen (secondary N) is 2. The summed E-state index contributed by atoms with van der Waals surface area (Å²) >= 11 is 1.83. The average molecular weight is 510 g/mol. The highest BCUT2D eigenvalue weighted by molar-refractivity contribution is 14.0. The van der Waals surface area contributed by atoms with E-state index in [1.807, 2.05) is 18.7 Å². The van der Waals surface area contributed by atoms with E-state index in [4.69, 9.17) is 9.73 Å². The van der Waals surface area contributed by atoms with Gasteiger partial charge in [-0.05, 0) is 32.4 Å². The summed E-state index contributed by atoms with van der Waals surface area (Å²) in [5, 5.41) is 6.51. The average Bonchev–Trinajstić information content (AvgIpc) is 2.99. The van der Waals surface area contributed by atoms with E-state index in [1.165, 1.54) is 4.90 Å². The highest BCUT2D eigenvalue weighted by atomic mass is 127. The van der Waals surface area contributed by atoms with Crippen LogP contribution in [-0.4, -0.2) is 80.0 Å². The second-order valence-corrected chi connectivity index (χ2v) is 7.95. The number of thioether (sulfide) groups is 1. The van der Waals surface area contributed by atoms with Crippen LogP contribution in [0.25, 0.3) is 0 Å². The molecule has 0 aromatic rings. The molecule has 154 valence electrons. The van der Waals surface area contributed by atoms with E-state index >= 15 is 0 Å². The number of guanidine groups is 1. The molecule has 5 nitrogen and oxygen atoms in total. The molecule has 2 rings (SSSR count). The topological polar surface area (TPSA) is 48.9 Å². The third-order valence-corrected chi connectivity index (χ3v) is 6.13. The number of hydrogen-bond acceptors (Lipinski definition) is 4. The van der Waals surface area contributed by atoms with E-state index in [0.717, 1.165) is 32.6 Å². The minimum atomic E-state index is -4.14. The largest absolute Gasteiger partial charge is 0.401 e. The van der Waals surface area contributed by atoms with Crippen LogP contribution in [0.4, 0.5) is 13.2 Å². The summed E-state index contributed by atoms with van der Waals surface area (Å²) < 4.78 is 43.1. The molecule has 0 spiro atoms. The molecule has 2 saturated heterocycles. The molecule has 26 heavy (non-hydrogen) atoms. The Morgan fingerprint density at radius 3 is 2.62 bits per heavy atom. The van der Waals surface area contributed by atoms with Crippen molar-refractivity contribution in [2.75, 3.05) is 52.2 Å². The molecule has 0 aromatic heterocycles. The first-order valence-electron chi connectivity index (χ1n) is 8.83. The van der Waals surface area contributed by atoms with Crippen molar-refractivity contribution in [2.45, 2.75) is 43.2 Å². The molecular weight excluding hydrogens is 480 g/mol. The van der Waals surface area contributed by atoms with Crippen LogP contribution in [0.5, 0.6) is 0 Å². The highest BCUT2D eigenvalue weighted by Gasteiger charge is 2.35. The first-order valence-corrected chi connectivity index (χ1v) is 10.0. The van der Waals surface area contributed by atoms with Gasteiger partial charge in [-0.15, -0.1) is 24.0 Å². The normalized spacial score (nSPS) is 24.2. The number of nitrogens with zero attached hydrogens (tertiary/aromatic N) is 2. The number of ether oxygens (including phenoxy) is 1.